The van der Waals surface area contributed by atoms with Gasteiger partial charge < -0.3 is 9.79 Å². The molecule has 0 aliphatic heterocycles. The summed E-state index contributed by atoms with van der Waals surface area (Å²) in [4.78, 5) is 17.6. The maximum absolute atomic E-state index is 10.8. The van der Waals surface area contributed by atoms with Crippen molar-refractivity contribution in [1.29, 1.82) is 0 Å². The van der Waals surface area contributed by atoms with Crippen molar-refractivity contribution in [1.82, 2.24) is 0 Å². The van der Waals surface area contributed by atoms with Crippen LogP contribution in [0.3, 0.4) is 0 Å². The minimum Gasteiger partial charge on any atom is -0.303 e. The van der Waals surface area contributed by atoms with Crippen molar-refractivity contribution in [3.8, 4) is 0 Å². The van der Waals surface area contributed by atoms with E-state index in [-0.39, 0.29) is 5.41 Å². The van der Waals surface area contributed by atoms with Crippen LogP contribution in [0.25, 0.3) is 0 Å². The molecule has 15 heavy (non-hydrogen) atoms. The Hall–Kier alpha value is 0.110. The van der Waals surface area contributed by atoms with Crippen LogP contribution in [0.15, 0.2) is 0 Å². The van der Waals surface area contributed by atoms with Gasteiger partial charge in [-0.2, -0.15) is 0 Å². The molecule has 0 rings (SSSR count). The van der Waals surface area contributed by atoms with Gasteiger partial charge in [-0.15, -0.1) is 0 Å². The van der Waals surface area contributed by atoms with E-state index >= 15 is 0 Å². The molecule has 0 heterocycles. The molecular formula is C10H23O4P. The standard InChI is InChI=1S/C10H23O4P/c1-5-7-10(4,8-6-2)9(3)14-15(11,12)13/h9H,5-8H2,1-4H3,(H2,11,12,13). The van der Waals surface area contributed by atoms with Crippen molar-refractivity contribution in [2.24, 2.45) is 5.41 Å². The lowest BCUT2D eigenvalue weighted by molar-refractivity contribution is 0.0323. The largest absolute Gasteiger partial charge is 0.469 e. The van der Waals surface area contributed by atoms with Gasteiger partial charge in [0.15, 0.2) is 0 Å². The van der Waals surface area contributed by atoms with Crippen molar-refractivity contribution in [2.45, 2.75) is 59.5 Å². The predicted molar refractivity (Wildman–Crippen MR) is 60.5 cm³/mol. The van der Waals surface area contributed by atoms with E-state index in [1.807, 2.05) is 6.92 Å². The van der Waals surface area contributed by atoms with E-state index in [2.05, 4.69) is 13.8 Å². The van der Waals surface area contributed by atoms with E-state index in [9.17, 15) is 4.57 Å². The third kappa shape index (κ3) is 5.67. The Morgan fingerprint density at radius 2 is 1.67 bits per heavy atom. The summed E-state index contributed by atoms with van der Waals surface area (Å²) in [5.74, 6) is 0. The molecule has 0 bridgehead atoms. The smallest absolute Gasteiger partial charge is 0.303 e. The van der Waals surface area contributed by atoms with Gasteiger partial charge in [-0.3, -0.25) is 4.52 Å². The quantitative estimate of drug-likeness (QED) is 0.669. The second kappa shape index (κ2) is 6.00. The summed E-state index contributed by atoms with van der Waals surface area (Å²) in [6.45, 7) is 7.90. The van der Waals surface area contributed by atoms with Crippen LogP contribution in [0.1, 0.15) is 53.4 Å². The van der Waals surface area contributed by atoms with Gasteiger partial charge >= 0.3 is 7.82 Å². The van der Waals surface area contributed by atoms with Crippen LogP contribution >= 0.6 is 7.82 Å². The maximum Gasteiger partial charge on any atom is 0.469 e. The predicted octanol–water partition coefficient (Wildman–Crippen LogP) is 3.09. The highest BCUT2D eigenvalue weighted by atomic mass is 31.2. The SMILES string of the molecule is CCCC(C)(CCC)C(C)OP(=O)(O)O. The Balaban J connectivity index is 4.54. The van der Waals surface area contributed by atoms with Crippen LogP contribution in [0.5, 0.6) is 0 Å². The molecule has 5 heteroatoms. The molecule has 1 atom stereocenters. The maximum atomic E-state index is 10.8. The number of hydrogen-bond donors (Lipinski definition) is 2. The van der Waals surface area contributed by atoms with Gasteiger partial charge in [0.05, 0.1) is 6.10 Å². The first kappa shape index (κ1) is 15.1. The highest BCUT2D eigenvalue weighted by Crippen LogP contribution is 2.44. The molecule has 4 nitrogen and oxygen atoms in total. The minimum atomic E-state index is -4.37. The van der Waals surface area contributed by atoms with Gasteiger partial charge in [0.2, 0.25) is 0 Å². The zero-order valence-electron chi connectivity index (χ0n) is 10.1. The van der Waals surface area contributed by atoms with Crippen molar-refractivity contribution in [2.75, 3.05) is 0 Å². The Labute approximate surface area is 92.3 Å². The van der Waals surface area contributed by atoms with Gasteiger partial charge in [0.1, 0.15) is 0 Å². The van der Waals surface area contributed by atoms with Gasteiger partial charge in [0, 0.05) is 0 Å². The normalized spacial score (nSPS) is 15.3. The van der Waals surface area contributed by atoms with E-state index in [0.717, 1.165) is 25.7 Å². The zero-order chi connectivity index (χ0) is 12.1. The Morgan fingerprint density at radius 1 is 1.27 bits per heavy atom. The Bertz CT molecular complexity index is 217. The van der Waals surface area contributed by atoms with Crippen molar-refractivity contribution < 1.29 is 18.9 Å². The van der Waals surface area contributed by atoms with Crippen molar-refractivity contribution >= 4 is 7.82 Å². The molecule has 0 aliphatic rings. The third-order valence-electron chi connectivity index (χ3n) is 2.92. The fraction of sp³-hybridized carbons (Fsp3) is 1.00. The Kier molecular flexibility index (Phi) is 6.04. The van der Waals surface area contributed by atoms with Crippen LogP contribution in [-0.2, 0) is 9.09 Å². The molecule has 0 aromatic heterocycles. The van der Waals surface area contributed by atoms with Gasteiger partial charge in [-0.1, -0.05) is 33.6 Å². The molecule has 0 aliphatic carbocycles. The lowest BCUT2D eigenvalue weighted by Crippen LogP contribution is -2.31. The van der Waals surface area contributed by atoms with E-state index in [1.54, 1.807) is 6.92 Å². The van der Waals surface area contributed by atoms with Gasteiger partial charge in [0.25, 0.3) is 0 Å². The monoisotopic (exact) mass is 238 g/mol. The molecule has 0 aromatic rings. The summed E-state index contributed by atoms with van der Waals surface area (Å²) in [6, 6.07) is 0. The van der Waals surface area contributed by atoms with Gasteiger partial charge in [-0.25, -0.2) is 4.57 Å². The minimum absolute atomic E-state index is 0.148. The molecular weight excluding hydrogens is 215 g/mol. The topological polar surface area (TPSA) is 66.8 Å². The Morgan fingerprint density at radius 3 is 1.93 bits per heavy atom. The van der Waals surface area contributed by atoms with Crippen LogP contribution in [-0.4, -0.2) is 15.9 Å². The number of rotatable bonds is 7. The number of phosphoric ester groups is 1. The van der Waals surface area contributed by atoms with Crippen molar-refractivity contribution in [3.63, 3.8) is 0 Å². The van der Waals surface area contributed by atoms with E-state index in [0.29, 0.717) is 0 Å². The lowest BCUT2D eigenvalue weighted by atomic mass is 9.77. The highest BCUT2D eigenvalue weighted by Gasteiger charge is 2.34. The summed E-state index contributed by atoms with van der Waals surface area (Å²) >= 11 is 0. The molecule has 0 saturated carbocycles. The molecule has 0 aromatic carbocycles. The fourth-order valence-corrected chi connectivity index (χ4v) is 2.67. The van der Waals surface area contributed by atoms with Crippen LogP contribution in [0.2, 0.25) is 0 Å². The molecule has 92 valence electrons. The second-order valence-electron chi connectivity index (χ2n) is 4.39. The molecule has 1 unspecified atom stereocenters. The summed E-state index contributed by atoms with van der Waals surface area (Å²) < 4.78 is 15.5. The van der Waals surface area contributed by atoms with E-state index in [4.69, 9.17) is 14.3 Å². The summed E-state index contributed by atoms with van der Waals surface area (Å²) in [5, 5.41) is 0. The average molecular weight is 238 g/mol. The zero-order valence-corrected chi connectivity index (χ0v) is 11.0. The second-order valence-corrected chi connectivity index (χ2v) is 5.58. The van der Waals surface area contributed by atoms with Crippen molar-refractivity contribution in [3.05, 3.63) is 0 Å². The van der Waals surface area contributed by atoms with Gasteiger partial charge in [-0.05, 0) is 25.2 Å². The summed E-state index contributed by atoms with van der Waals surface area (Å²) in [5.41, 5.74) is -0.148. The lowest BCUT2D eigenvalue weighted by Gasteiger charge is -2.35. The molecule has 0 radical (unpaired) electrons. The molecule has 0 spiro atoms. The highest BCUT2D eigenvalue weighted by molar-refractivity contribution is 7.46. The van der Waals surface area contributed by atoms with Crippen LogP contribution in [0.4, 0.5) is 0 Å². The van der Waals surface area contributed by atoms with E-state index < -0.39 is 13.9 Å². The fourth-order valence-electron chi connectivity index (χ4n) is 2.01. The first-order chi connectivity index (χ1) is 6.75. The molecule has 0 fully saturated rings. The molecule has 0 saturated heterocycles. The average Bonchev–Trinajstić information content (AvgIpc) is 2.01. The first-order valence-corrected chi connectivity index (χ1v) is 7.02. The summed E-state index contributed by atoms with van der Waals surface area (Å²) in [7, 11) is -4.37. The number of hydrogen-bond acceptors (Lipinski definition) is 2. The van der Waals surface area contributed by atoms with Crippen LogP contribution in [0, 0.1) is 5.41 Å². The molecule has 0 amide bonds. The summed E-state index contributed by atoms with van der Waals surface area (Å²) in [6.07, 6.45) is 3.40. The third-order valence-corrected chi connectivity index (χ3v) is 3.51. The van der Waals surface area contributed by atoms with Crippen LogP contribution < -0.4 is 0 Å². The number of phosphoric acid groups is 1. The van der Waals surface area contributed by atoms with E-state index in [1.165, 1.54) is 0 Å². The first-order valence-electron chi connectivity index (χ1n) is 5.49. The molecule has 2 N–H and O–H groups in total.